The maximum atomic E-state index is 12.6. The SMILES string of the molecule is CC[C@H](Sc1nc(N)nc2nc[nH]c12)C(=O)Nc1nccc(NC)n1. The number of nitrogens with one attached hydrogen (secondary N) is 3. The first-order valence-corrected chi connectivity index (χ1v) is 8.43. The molecule has 0 saturated heterocycles. The van der Waals surface area contributed by atoms with Gasteiger partial charge in [0.1, 0.15) is 16.4 Å². The molecule has 0 aromatic carbocycles. The first-order chi connectivity index (χ1) is 12.1. The van der Waals surface area contributed by atoms with Gasteiger partial charge in [-0.3, -0.25) is 10.1 Å². The van der Waals surface area contributed by atoms with Gasteiger partial charge in [-0.15, -0.1) is 0 Å². The van der Waals surface area contributed by atoms with E-state index in [-0.39, 0.29) is 17.8 Å². The zero-order chi connectivity index (χ0) is 17.8. The van der Waals surface area contributed by atoms with Crippen LogP contribution in [0, 0.1) is 0 Å². The molecule has 0 unspecified atom stereocenters. The number of amides is 1. The summed E-state index contributed by atoms with van der Waals surface area (Å²) in [5, 5.41) is 5.79. The Hall–Kier alpha value is -2.95. The molecular weight excluding hydrogens is 342 g/mol. The first-order valence-electron chi connectivity index (χ1n) is 7.55. The predicted molar refractivity (Wildman–Crippen MR) is 96.2 cm³/mol. The number of nitrogen functional groups attached to an aromatic ring is 1. The number of carbonyl (C=O) groups excluding carboxylic acids is 1. The number of nitrogens with zero attached hydrogens (tertiary/aromatic N) is 5. The van der Waals surface area contributed by atoms with Crippen LogP contribution in [0.25, 0.3) is 11.2 Å². The molecular formula is C14H17N9OS. The molecule has 1 atom stereocenters. The minimum absolute atomic E-state index is 0.113. The molecule has 0 fully saturated rings. The Morgan fingerprint density at radius 3 is 2.96 bits per heavy atom. The van der Waals surface area contributed by atoms with Gasteiger partial charge in [0, 0.05) is 13.2 Å². The highest BCUT2D eigenvalue weighted by atomic mass is 32.2. The van der Waals surface area contributed by atoms with E-state index >= 15 is 0 Å². The van der Waals surface area contributed by atoms with Crippen LogP contribution < -0.4 is 16.4 Å². The topological polar surface area (TPSA) is 147 Å². The summed E-state index contributed by atoms with van der Waals surface area (Å²) >= 11 is 1.29. The number of rotatable bonds is 6. The predicted octanol–water partition coefficient (Wildman–Crippen LogP) is 1.28. The van der Waals surface area contributed by atoms with Gasteiger partial charge < -0.3 is 16.0 Å². The lowest BCUT2D eigenvalue weighted by Gasteiger charge is -2.14. The van der Waals surface area contributed by atoms with Crippen LogP contribution in [0.2, 0.25) is 0 Å². The Labute approximate surface area is 147 Å². The van der Waals surface area contributed by atoms with E-state index in [1.54, 1.807) is 19.3 Å². The Morgan fingerprint density at radius 2 is 2.20 bits per heavy atom. The molecule has 1 amide bonds. The van der Waals surface area contributed by atoms with E-state index in [2.05, 4.69) is 40.5 Å². The van der Waals surface area contributed by atoms with Gasteiger partial charge in [0.25, 0.3) is 0 Å². The summed E-state index contributed by atoms with van der Waals surface area (Å²) in [7, 11) is 1.74. The Kier molecular flexibility index (Phi) is 4.93. The summed E-state index contributed by atoms with van der Waals surface area (Å²) in [5.41, 5.74) is 6.84. The number of hydrogen-bond donors (Lipinski definition) is 4. The van der Waals surface area contributed by atoms with Gasteiger partial charge in [0.15, 0.2) is 5.65 Å². The highest BCUT2D eigenvalue weighted by Crippen LogP contribution is 2.29. The van der Waals surface area contributed by atoms with Crippen molar-refractivity contribution in [3.63, 3.8) is 0 Å². The summed E-state index contributed by atoms with van der Waals surface area (Å²) < 4.78 is 0. The number of aromatic nitrogens is 6. The smallest absolute Gasteiger partial charge is 0.240 e. The van der Waals surface area contributed by atoms with Gasteiger partial charge in [0.2, 0.25) is 17.8 Å². The minimum atomic E-state index is -0.400. The quantitative estimate of drug-likeness (QED) is 0.377. The first kappa shape index (κ1) is 16.9. The van der Waals surface area contributed by atoms with Crippen molar-refractivity contribution < 1.29 is 4.79 Å². The minimum Gasteiger partial charge on any atom is -0.373 e. The number of anilines is 3. The lowest BCUT2D eigenvalue weighted by Crippen LogP contribution is -2.26. The maximum absolute atomic E-state index is 12.6. The normalized spacial score (nSPS) is 12.1. The maximum Gasteiger partial charge on any atom is 0.240 e. The van der Waals surface area contributed by atoms with Gasteiger partial charge in [-0.2, -0.15) is 9.97 Å². The number of hydrogen-bond acceptors (Lipinski definition) is 9. The number of thioether (sulfide) groups is 1. The fourth-order valence-electron chi connectivity index (χ4n) is 2.11. The molecule has 0 spiro atoms. The molecule has 0 saturated carbocycles. The average molecular weight is 359 g/mol. The largest absolute Gasteiger partial charge is 0.373 e. The van der Waals surface area contributed by atoms with Crippen LogP contribution in [-0.2, 0) is 4.79 Å². The van der Waals surface area contributed by atoms with E-state index < -0.39 is 5.25 Å². The monoisotopic (exact) mass is 359 g/mol. The van der Waals surface area contributed by atoms with Gasteiger partial charge in [-0.1, -0.05) is 18.7 Å². The summed E-state index contributed by atoms with van der Waals surface area (Å²) in [6, 6.07) is 1.71. The molecule has 5 N–H and O–H groups in total. The fourth-order valence-corrected chi connectivity index (χ4v) is 3.13. The van der Waals surface area contributed by atoms with Crippen molar-refractivity contribution in [2.45, 2.75) is 23.6 Å². The molecule has 0 bridgehead atoms. The third kappa shape index (κ3) is 3.76. The standard InChI is InChI=1S/C14H17N9OS/c1-3-7(11(24)22-14-17-5-4-8(16-2)20-14)25-12-9-10(19-6-18-9)21-13(15)23-12/h4-7H,3H2,1-2H3,(H3,15,18,19,21,23)(H2,16,17,20,22,24)/t7-/m0/s1. The van der Waals surface area contributed by atoms with Crippen molar-refractivity contribution in [3.8, 4) is 0 Å². The van der Waals surface area contributed by atoms with Crippen molar-refractivity contribution >= 4 is 46.5 Å². The van der Waals surface area contributed by atoms with Crippen LogP contribution in [0.15, 0.2) is 23.6 Å². The zero-order valence-corrected chi connectivity index (χ0v) is 14.5. The van der Waals surface area contributed by atoms with E-state index in [0.717, 1.165) is 0 Å². The van der Waals surface area contributed by atoms with Gasteiger partial charge in [-0.05, 0) is 12.5 Å². The van der Waals surface area contributed by atoms with Crippen LogP contribution >= 0.6 is 11.8 Å². The summed E-state index contributed by atoms with van der Waals surface area (Å²) in [6.45, 7) is 1.91. The lowest BCUT2D eigenvalue weighted by molar-refractivity contribution is -0.115. The van der Waals surface area contributed by atoms with E-state index in [4.69, 9.17) is 5.73 Å². The van der Waals surface area contributed by atoms with E-state index in [0.29, 0.717) is 28.4 Å². The van der Waals surface area contributed by atoms with Crippen LogP contribution in [0.5, 0.6) is 0 Å². The van der Waals surface area contributed by atoms with Gasteiger partial charge >= 0.3 is 0 Å². The van der Waals surface area contributed by atoms with E-state index in [9.17, 15) is 4.79 Å². The lowest BCUT2D eigenvalue weighted by atomic mass is 10.3. The molecule has 25 heavy (non-hydrogen) atoms. The fraction of sp³-hybridized carbons (Fsp3) is 0.286. The summed E-state index contributed by atoms with van der Waals surface area (Å²) in [5.74, 6) is 0.756. The van der Waals surface area contributed by atoms with E-state index in [1.165, 1.54) is 18.1 Å². The number of aromatic amines is 1. The van der Waals surface area contributed by atoms with E-state index in [1.807, 2.05) is 6.92 Å². The van der Waals surface area contributed by atoms with Crippen LogP contribution in [-0.4, -0.2) is 48.1 Å². The molecule has 0 aliphatic heterocycles. The average Bonchev–Trinajstić information content (AvgIpc) is 3.07. The highest BCUT2D eigenvalue weighted by Gasteiger charge is 2.22. The highest BCUT2D eigenvalue weighted by molar-refractivity contribution is 8.00. The van der Waals surface area contributed by atoms with Crippen LogP contribution in [0.4, 0.5) is 17.7 Å². The van der Waals surface area contributed by atoms with Crippen molar-refractivity contribution in [1.82, 2.24) is 29.9 Å². The Bertz CT molecular complexity index is 897. The molecule has 3 aromatic rings. The summed E-state index contributed by atoms with van der Waals surface area (Å²) in [4.78, 5) is 36.1. The van der Waals surface area contributed by atoms with Gasteiger partial charge in [-0.25, -0.2) is 15.0 Å². The molecule has 0 radical (unpaired) electrons. The number of nitrogens with two attached hydrogens (primary N) is 1. The number of fused-ring (bicyclic) bond motifs is 1. The number of imidazole rings is 1. The van der Waals surface area contributed by atoms with Crippen molar-refractivity contribution in [2.75, 3.05) is 23.4 Å². The van der Waals surface area contributed by atoms with Gasteiger partial charge in [0.05, 0.1) is 11.6 Å². The summed E-state index contributed by atoms with van der Waals surface area (Å²) in [6.07, 6.45) is 3.67. The van der Waals surface area contributed by atoms with Crippen LogP contribution in [0.3, 0.4) is 0 Å². The second-order valence-corrected chi connectivity index (χ2v) is 6.20. The molecule has 3 rings (SSSR count). The second kappa shape index (κ2) is 7.30. The second-order valence-electron chi connectivity index (χ2n) is 5.01. The van der Waals surface area contributed by atoms with Crippen molar-refractivity contribution in [1.29, 1.82) is 0 Å². The zero-order valence-electron chi connectivity index (χ0n) is 13.6. The number of H-pyrrole nitrogens is 1. The van der Waals surface area contributed by atoms with Crippen molar-refractivity contribution in [3.05, 3.63) is 18.6 Å². The van der Waals surface area contributed by atoms with Crippen molar-refractivity contribution in [2.24, 2.45) is 0 Å². The molecule has 10 nitrogen and oxygen atoms in total. The Morgan fingerprint density at radius 1 is 1.36 bits per heavy atom. The Balaban J connectivity index is 1.79. The molecule has 11 heteroatoms. The molecule has 0 aliphatic rings. The molecule has 3 aromatic heterocycles. The molecule has 130 valence electrons. The molecule has 0 aliphatic carbocycles. The third-order valence-electron chi connectivity index (χ3n) is 3.33. The third-order valence-corrected chi connectivity index (χ3v) is 4.68. The molecule has 3 heterocycles. The van der Waals surface area contributed by atoms with Crippen LogP contribution in [0.1, 0.15) is 13.3 Å². The number of carbonyl (C=O) groups is 1.